The highest BCUT2D eigenvalue weighted by molar-refractivity contribution is 5.14. The van der Waals surface area contributed by atoms with Crippen molar-refractivity contribution in [2.45, 2.75) is 43.9 Å². The molecule has 1 heterocycles. The maximum Gasteiger partial charge on any atom is 0.186 e. The Hall–Kier alpha value is -1.80. The summed E-state index contributed by atoms with van der Waals surface area (Å²) in [5.41, 5.74) is 1.97. The van der Waals surface area contributed by atoms with Crippen molar-refractivity contribution in [3.8, 4) is 0 Å². The maximum atomic E-state index is 10.6. The van der Waals surface area contributed by atoms with Crippen LogP contribution >= 0.6 is 0 Å². The summed E-state index contributed by atoms with van der Waals surface area (Å²) in [6.45, 7) is 0.302. The Bertz CT molecular complexity index is 665. The van der Waals surface area contributed by atoms with Crippen LogP contribution in [0.3, 0.4) is 0 Å². The molecule has 3 rings (SSSR count). The van der Waals surface area contributed by atoms with Crippen LogP contribution < -0.4 is 0 Å². The van der Waals surface area contributed by atoms with Crippen LogP contribution in [0, 0.1) is 0 Å². The van der Waals surface area contributed by atoms with Crippen LogP contribution in [0.25, 0.3) is 0 Å². The number of aliphatic hydroxyl groups is 2. The molecule has 0 bridgehead atoms. The Morgan fingerprint density at radius 3 is 1.85 bits per heavy atom. The van der Waals surface area contributed by atoms with Crippen molar-refractivity contribution in [3.63, 3.8) is 0 Å². The summed E-state index contributed by atoms with van der Waals surface area (Å²) in [7, 11) is 1.50. The van der Waals surface area contributed by atoms with Gasteiger partial charge in [0.15, 0.2) is 6.29 Å². The average Bonchev–Trinajstić information content (AvgIpc) is 2.73. The molecular weight excluding hydrogens is 348 g/mol. The quantitative estimate of drug-likeness (QED) is 0.735. The van der Waals surface area contributed by atoms with E-state index in [0.29, 0.717) is 13.2 Å². The SMILES string of the molecule is CO[C@@H]1O[C@H](CO)[C@H](O)[C@@H](OCc2ccccc2)[C@@H]1OCc1ccccc1. The highest BCUT2D eigenvalue weighted by Gasteiger charge is 2.46. The lowest BCUT2D eigenvalue weighted by Crippen LogP contribution is -2.60. The third-order valence-corrected chi connectivity index (χ3v) is 4.60. The van der Waals surface area contributed by atoms with Crippen LogP contribution in [0.2, 0.25) is 0 Å². The minimum absolute atomic E-state index is 0.308. The zero-order valence-corrected chi connectivity index (χ0v) is 15.3. The molecule has 5 atom stereocenters. The zero-order valence-electron chi connectivity index (χ0n) is 15.3. The third kappa shape index (κ3) is 5.13. The molecule has 1 aliphatic heterocycles. The zero-order chi connectivity index (χ0) is 19.1. The fourth-order valence-electron chi connectivity index (χ4n) is 3.13. The fraction of sp³-hybridized carbons (Fsp3) is 0.429. The van der Waals surface area contributed by atoms with Gasteiger partial charge >= 0.3 is 0 Å². The molecule has 0 aliphatic carbocycles. The first kappa shape index (κ1) is 19.9. The van der Waals surface area contributed by atoms with Crippen LogP contribution in [0.15, 0.2) is 60.7 Å². The van der Waals surface area contributed by atoms with Gasteiger partial charge in [-0.05, 0) is 11.1 Å². The van der Waals surface area contributed by atoms with Crippen molar-refractivity contribution < 1.29 is 29.2 Å². The molecule has 0 unspecified atom stereocenters. The Labute approximate surface area is 159 Å². The molecule has 0 radical (unpaired) electrons. The standard InChI is InChI=1S/C21H26O6/c1-24-21-20(26-14-16-10-6-3-7-11-16)19(18(23)17(12-22)27-21)25-13-15-8-4-2-5-9-15/h2-11,17-23H,12-14H2,1H3/t17-,18+,19-,20+,21-/m1/s1. The first-order valence-corrected chi connectivity index (χ1v) is 9.01. The predicted octanol–water partition coefficient (Wildman–Crippen LogP) is 1.88. The molecule has 2 aromatic rings. The number of hydrogen-bond acceptors (Lipinski definition) is 6. The van der Waals surface area contributed by atoms with Crippen LogP contribution in [-0.4, -0.2) is 54.6 Å². The van der Waals surface area contributed by atoms with Crippen LogP contribution in [0.1, 0.15) is 11.1 Å². The molecule has 146 valence electrons. The minimum atomic E-state index is -1.04. The summed E-state index contributed by atoms with van der Waals surface area (Å²) >= 11 is 0. The summed E-state index contributed by atoms with van der Waals surface area (Å²) in [5, 5.41) is 20.2. The van der Waals surface area contributed by atoms with E-state index in [1.807, 2.05) is 60.7 Å². The normalized spacial score (nSPS) is 28.2. The summed E-state index contributed by atoms with van der Waals surface area (Å²) < 4.78 is 23.1. The van der Waals surface area contributed by atoms with E-state index in [1.54, 1.807) is 0 Å². The van der Waals surface area contributed by atoms with Crippen LogP contribution in [-0.2, 0) is 32.2 Å². The summed E-state index contributed by atoms with van der Waals surface area (Å²) in [4.78, 5) is 0. The van der Waals surface area contributed by atoms with E-state index in [4.69, 9.17) is 18.9 Å². The number of aliphatic hydroxyl groups excluding tert-OH is 2. The first-order chi connectivity index (χ1) is 13.2. The van der Waals surface area contributed by atoms with Gasteiger partial charge in [0, 0.05) is 7.11 Å². The molecule has 27 heavy (non-hydrogen) atoms. The summed E-state index contributed by atoms with van der Waals surface area (Å²) in [5.74, 6) is 0. The van der Waals surface area contributed by atoms with Gasteiger partial charge in [-0.2, -0.15) is 0 Å². The second-order valence-corrected chi connectivity index (χ2v) is 6.47. The van der Waals surface area contributed by atoms with Crippen molar-refractivity contribution in [3.05, 3.63) is 71.8 Å². The van der Waals surface area contributed by atoms with E-state index in [0.717, 1.165) is 11.1 Å². The Morgan fingerprint density at radius 2 is 1.37 bits per heavy atom. The van der Waals surface area contributed by atoms with E-state index < -0.39 is 30.7 Å². The lowest BCUT2D eigenvalue weighted by Gasteiger charge is -2.43. The molecule has 6 heteroatoms. The molecule has 1 aliphatic rings. The molecule has 1 fully saturated rings. The number of rotatable bonds is 8. The first-order valence-electron chi connectivity index (χ1n) is 9.01. The van der Waals surface area contributed by atoms with Crippen LogP contribution in [0.5, 0.6) is 0 Å². The highest BCUT2D eigenvalue weighted by Crippen LogP contribution is 2.28. The van der Waals surface area contributed by atoms with Crippen molar-refractivity contribution in [1.29, 1.82) is 0 Å². The van der Waals surface area contributed by atoms with E-state index >= 15 is 0 Å². The van der Waals surface area contributed by atoms with E-state index in [1.165, 1.54) is 7.11 Å². The lowest BCUT2D eigenvalue weighted by atomic mass is 9.98. The van der Waals surface area contributed by atoms with Gasteiger partial charge in [-0.25, -0.2) is 0 Å². The molecule has 0 aromatic heterocycles. The molecule has 2 N–H and O–H groups in total. The predicted molar refractivity (Wildman–Crippen MR) is 98.8 cm³/mol. The summed E-state index contributed by atoms with van der Waals surface area (Å²) in [6, 6.07) is 19.4. The fourth-order valence-corrected chi connectivity index (χ4v) is 3.13. The van der Waals surface area contributed by atoms with Gasteiger partial charge < -0.3 is 29.2 Å². The third-order valence-electron chi connectivity index (χ3n) is 4.60. The molecule has 0 saturated carbocycles. The van der Waals surface area contributed by atoms with Gasteiger partial charge in [0.2, 0.25) is 0 Å². The second-order valence-electron chi connectivity index (χ2n) is 6.47. The van der Waals surface area contributed by atoms with Gasteiger partial charge in [0.1, 0.15) is 24.4 Å². The van der Waals surface area contributed by atoms with E-state index in [2.05, 4.69) is 0 Å². The Kier molecular flexibility index (Phi) is 7.34. The summed E-state index contributed by atoms with van der Waals surface area (Å²) in [6.07, 6.45) is -3.94. The Morgan fingerprint density at radius 1 is 0.852 bits per heavy atom. The largest absolute Gasteiger partial charge is 0.394 e. The maximum absolute atomic E-state index is 10.6. The second kappa shape index (κ2) is 9.94. The molecular formula is C21H26O6. The Balaban J connectivity index is 1.73. The molecule has 2 aromatic carbocycles. The molecule has 0 spiro atoms. The van der Waals surface area contributed by atoms with Gasteiger partial charge in [0.25, 0.3) is 0 Å². The molecule has 1 saturated heterocycles. The highest BCUT2D eigenvalue weighted by atomic mass is 16.7. The van der Waals surface area contributed by atoms with Crippen molar-refractivity contribution in [2.75, 3.05) is 13.7 Å². The van der Waals surface area contributed by atoms with Crippen molar-refractivity contribution in [1.82, 2.24) is 0 Å². The number of ether oxygens (including phenoxy) is 4. The minimum Gasteiger partial charge on any atom is -0.394 e. The molecule has 0 amide bonds. The van der Waals surface area contributed by atoms with Crippen molar-refractivity contribution >= 4 is 0 Å². The van der Waals surface area contributed by atoms with Gasteiger partial charge in [0.05, 0.1) is 19.8 Å². The van der Waals surface area contributed by atoms with Gasteiger partial charge in [-0.1, -0.05) is 60.7 Å². The number of hydrogen-bond donors (Lipinski definition) is 2. The van der Waals surface area contributed by atoms with E-state index in [9.17, 15) is 10.2 Å². The number of benzene rings is 2. The van der Waals surface area contributed by atoms with Crippen molar-refractivity contribution in [2.24, 2.45) is 0 Å². The number of methoxy groups -OCH3 is 1. The lowest BCUT2D eigenvalue weighted by molar-refractivity contribution is -0.314. The van der Waals surface area contributed by atoms with E-state index in [-0.39, 0.29) is 6.61 Å². The smallest absolute Gasteiger partial charge is 0.186 e. The van der Waals surface area contributed by atoms with Crippen LogP contribution in [0.4, 0.5) is 0 Å². The average molecular weight is 374 g/mol. The topological polar surface area (TPSA) is 77.4 Å². The van der Waals surface area contributed by atoms with Gasteiger partial charge in [-0.15, -0.1) is 0 Å². The monoisotopic (exact) mass is 374 g/mol. The van der Waals surface area contributed by atoms with Gasteiger partial charge in [-0.3, -0.25) is 0 Å². The molecule has 6 nitrogen and oxygen atoms in total.